The lowest BCUT2D eigenvalue weighted by molar-refractivity contribution is 0.0935. The first-order valence-corrected chi connectivity index (χ1v) is 10.5. The van der Waals surface area contributed by atoms with Gasteiger partial charge in [-0.15, -0.1) is 0 Å². The average Bonchev–Trinajstić information content (AvgIpc) is 3.15. The summed E-state index contributed by atoms with van der Waals surface area (Å²) in [4.78, 5) is 11.9. The number of hydrogen-bond acceptors (Lipinski definition) is 5. The minimum atomic E-state index is -4.26. The first-order valence-electron chi connectivity index (χ1n) is 9.03. The number of furan rings is 1. The van der Waals surface area contributed by atoms with E-state index in [1.54, 1.807) is 38.1 Å². The summed E-state index contributed by atoms with van der Waals surface area (Å²) in [5.74, 6) is 0.270. The standard InChI is InChI=1S/C21H21FN2O5S/c1-13-4-11-19(29-13)14(2)23-21(25)15-5-10-18(22)20(12-15)30(26,27)24-16-6-8-17(28-3)9-7-16/h4-12,14,24H,1-3H3,(H,23,25). The number of nitrogens with one attached hydrogen (secondary N) is 2. The molecular formula is C21H21FN2O5S. The molecule has 1 heterocycles. The molecule has 30 heavy (non-hydrogen) atoms. The van der Waals surface area contributed by atoms with Crippen LogP contribution in [0.3, 0.4) is 0 Å². The van der Waals surface area contributed by atoms with Crippen molar-refractivity contribution in [3.63, 3.8) is 0 Å². The fourth-order valence-corrected chi connectivity index (χ4v) is 3.92. The van der Waals surface area contributed by atoms with Gasteiger partial charge in [-0.1, -0.05) is 0 Å². The third-order valence-corrected chi connectivity index (χ3v) is 5.76. The van der Waals surface area contributed by atoms with Gasteiger partial charge in [0.25, 0.3) is 15.9 Å². The van der Waals surface area contributed by atoms with Crippen LogP contribution in [0.4, 0.5) is 10.1 Å². The Bertz CT molecular complexity index is 1160. The number of sulfonamides is 1. The Hall–Kier alpha value is -3.33. The number of methoxy groups -OCH3 is 1. The van der Waals surface area contributed by atoms with E-state index in [1.807, 2.05) is 0 Å². The number of benzene rings is 2. The second-order valence-corrected chi connectivity index (χ2v) is 8.27. The zero-order valence-electron chi connectivity index (χ0n) is 16.6. The first-order chi connectivity index (χ1) is 14.2. The largest absolute Gasteiger partial charge is 0.497 e. The van der Waals surface area contributed by atoms with Gasteiger partial charge in [-0.05, 0) is 68.4 Å². The van der Waals surface area contributed by atoms with Crippen LogP contribution in [0.5, 0.6) is 5.75 Å². The molecule has 0 radical (unpaired) electrons. The van der Waals surface area contributed by atoms with Crippen LogP contribution in [-0.2, 0) is 10.0 Å². The van der Waals surface area contributed by atoms with E-state index in [9.17, 15) is 17.6 Å². The number of carbonyl (C=O) groups is 1. The van der Waals surface area contributed by atoms with Crippen LogP contribution in [0.25, 0.3) is 0 Å². The molecule has 3 rings (SSSR count). The highest BCUT2D eigenvalue weighted by atomic mass is 32.2. The van der Waals surface area contributed by atoms with E-state index in [1.165, 1.54) is 25.3 Å². The van der Waals surface area contributed by atoms with Crippen LogP contribution in [0.2, 0.25) is 0 Å². The van der Waals surface area contributed by atoms with Crippen molar-refractivity contribution in [2.75, 3.05) is 11.8 Å². The highest BCUT2D eigenvalue weighted by Crippen LogP contribution is 2.23. The molecular weight excluding hydrogens is 411 g/mol. The molecule has 7 nitrogen and oxygen atoms in total. The molecule has 0 saturated carbocycles. The smallest absolute Gasteiger partial charge is 0.264 e. The first kappa shape index (κ1) is 21.4. The maximum atomic E-state index is 14.3. The molecule has 0 fully saturated rings. The van der Waals surface area contributed by atoms with Crippen molar-refractivity contribution in [2.24, 2.45) is 0 Å². The molecule has 0 saturated heterocycles. The Balaban J connectivity index is 1.81. The molecule has 1 amide bonds. The summed E-state index contributed by atoms with van der Waals surface area (Å²) in [6.07, 6.45) is 0. The Morgan fingerprint density at radius 2 is 1.80 bits per heavy atom. The molecule has 2 N–H and O–H groups in total. The molecule has 2 aromatic carbocycles. The molecule has 1 atom stereocenters. The van der Waals surface area contributed by atoms with Crippen molar-refractivity contribution in [1.82, 2.24) is 5.32 Å². The number of amides is 1. The van der Waals surface area contributed by atoms with Crippen LogP contribution in [0.15, 0.2) is 63.9 Å². The summed E-state index contributed by atoms with van der Waals surface area (Å²) in [5, 5.41) is 2.70. The molecule has 0 bridgehead atoms. The molecule has 3 aromatic rings. The fourth-order valence-electron chi connectivity index (χ4n) is 2.76. The van der Waals surface area contributed by atoms with Gasteiger partial charge in [-0.25, -0.2) is 12.8 Å². The van der Waals surface area contributed by atoms with Crippen LogP contribution < -0.4 is 14.8 Å². The molecule has 158 valence electrons. The van der Waals surface area contributed by atoms with Crippen molar-refractivity contribution in [3.05, 3.63) is 77.5 Å². The summed E-state index contributed by atoms with van der Waals surface area (Å²) < 4.78 is 52.4. The highest BCUT2D eigenvalue weighted by Gasteiger charge is 2.22. The highest BCUT2D eigenvalue weighted by molar-refractivity contribution is 7.92. The lowest BCUT2D eigenvalue weighted by Gasteiger charge is -2.13. The predicted molar refractivity (Wildman–Crippen MR) is 110 cm³/mol. The summed E-state index contributed by atoms with van der Waals surface area (Å²) in [7, 11) is -2.78. The van der Waals surface area contributed by atoms with Gasteiger partial charge in [0, 0.05) is 11.3 Å². The van der Waals surface area contributed by atoms with E-state index in [-0.39, 0.29) is 11.3 Å². The monoisotopic (exact) mass is 432 g/mol. The molecule has 1 unspecified atom stereocenters. The number of anilines is 1. The zero-order valence-corrected chi connectivity index (χ0v) is 17.4. The van der Waals surface area contributed by atoms with Crippen molar-refractivity contribution in [2.45, 2.75) is 24.8 Å². The maximum Gasteiger partial charge on any atom is 0.264 e. The summed E-state index contributed by atoms with van der Waals surface area (Å²) in [6.45, 7) is 3.51. The quantitative estimate of drug-likeness (QED) is 0.588. The zero-order chi connectivity index (χ0) is 21.9. The molecule has 1 aromatic heterocycles. The Morgan fingerprint density at radius 3 is 2.40 bits per heavy atom. The van der Waals surface area contributed by atoms with Crippen molar-refractivity contribution >= 4 is 21.6 Å². The fraction of sp³-hybridized carbons (Fsp3) is 0.190. The van der Waals surface area contributed by atoms with E-state index >= 15 is 0 Å². The second-order valence-electron chi connectivity index (χ2n) is 6.62. The van der Waals surface area contributed by atoms with Crippen molar-refractivity contribution in [1.29, 1.82) is 0 Å². The lowest BCUT2D eigenvalue weighted by atomic mass is 10.2. The molecule has 0 aliphatic rings. The molecule has 0 aliphatic heterocycles. The Kier molecular flexibility index (Phi) is 6.12. The maximum absolute atomic E-state index is 14.3. The Morgan fingerprint density at radius 1 is 1.10 bits per heavy atom. The number of ether oxygens (including phenoxy) is 1. The van der Waals surface area contributed by atoms with Gasteiger partial charge >= 0.3 is 0 Å². The van der Waals surface area contributed by atoms with Gasteiger partial charge in [0.2, 0.25) is 0 Å². The number of carbonyl (C=O) groups excluding carboxylic acids is 1. The van der Waals surface area contributed by atoms with Gasteiger partial charge in [-0.3, -0.25) is 9.52 Å². The van der Waals surface area contributed by atoms with E-state index in [4.69, 9.17) is 9.15 Å². The molecule has 0 aliphatic carbocycles. The SMILES string of the molecule is COc1ccc(NS(=O)(=O)c2cc(C(=O)NC(C)c3ccc(C)o3)ccc2F)cc1. The lowest BCUT2D eigenvalue weighted by Crippen LogP contribution is -2.27. The van der Waals surface area contributed by atoms with E-state index < -0.39 is 32.7 Å². The topological polar surface area (TPSA) is 97.6 Å². The normalized spacial score (nSPS) is 12.3. The van der Waals surface area contributed by atoms with Crippen molar-refractivity contribution in [3.8, 4) is 5.75 Å². The Labute approximate surface area is 173 Å². The second kappa shape index (κ2) is 8.58. The molecule has 0 spiro atoms. The summed E-state index contributed by atoms with van der Waals surface area (Å²) in [6, 6.07) is 12.3. The third kappa shape index (κ3) is 4.80. The van der Waals surface area contributed by atoms with Gasteiger partial charge in [0.05, 0.1) is 13.2 Å². The van der Waals surface area contributed by atoms with E-state index in [2.05, 4.69) is 10.0 Å². The van der Waals surface area contributed by atoms with Crippen LogP contribution in [0, 0.1) is 12.7 Å². The van der Waals surface area contributed by atoms with Crippen LogP contribution in [-0.4, -0.2) is 21.4 Å². The summed E-state index contributed by atoms with van der Waals surface area (Å²) in [5.41, 5.74) is 0.230. The third-order valence-electron chi connectivity index (χ3n) is 4.36. The number of aryl methyl sites for hydroxylation is 1. The number of rotatable bonds is 7. The van der Waals surface area contributed by atoms with Gasteiger partial charge in [0.1, 0.15) is 28.0 Å². The van der Waals surface area contributed by atoms with Gasteiger partial charge < -0.3 is 14.5 Å². The summed E-state index contributed by atoms with van der Waals surface area (Å²) >= 11 is 0. The van der Waals surface area contributed by atoms with Crippen molar-refractivity contribution < 1.29 is 26.8 Å². The van der Waals surface area contributed by atoms with Crippen LogP contribution in [0.1, 0.15) is 34.8 Å². The van der Waals surface area contributed by atoms with Gasteiger partial charge in [0.15, 0.2) is 0 Å². The molecule has 9 heteroatoms. The van der Waals surface area contributed by atoms with E-state index in [0.29, 0.717) is 17.3 Å². The minimum Gasteiger partial charge on any atom is -0.497 e. The number of hydrogen-bond donors (Lipinski definition) is 2. The number of halogens is 1. The minimum absolute atomic E-state index is 0.00151. The predicted octanol–water partition coefficient (Wildman–Crippen LogP) is 4.03. The van der Waals surface area contributed by atoms with Crippen LogP contribution >= 0.6 is 0 Å². The van der Waals surface area contributed by atoms with Gasteiger partial charge in [-0.2, -0.15) is 0 Å². The average molecular weight is 432 g/mol. The van der Waals surface area contributed by atoms with E-state index in [0.717, 1.165) is 12.1 Å².